The van der Waals surface area contributed by atoms with Gasteiger partial charge >= 0.3 is 18.2 Å². The fraction of sp³-hybridized carbons (Fsp3) is 0.371. The minimum absolute atomic E-state index is 0.0708. The van der Waals surface area contributed by atoms with Crippen LogP contribution in [-0.2, 0) is 22.6 Å². The highest BCUT2D eigenvalue weighted by atomic mass is 35.5. The summed E-state index contributed by atoms with van der Waals surface area (Å²) in [4.78, 5) is 23.7. The molecule has 2 aliphatic rings. The molecule has 1 amide bonds. The summed E-state index contributed by atoms with van der Waals surface area (Å²) < 4.78 is 54.4. The largest absolute Gasteiger partial charge is 0.483 e. The zero-order chi connectivity index (χ0) is 33.2. The number of alkyl halides is 3. The summed E-state index contributed by atoms with van der Waals surface area (Å²) in [6.45, 7) is 9.53. The fourth-order valence-electron chi connectivity index (χ4n) is 5.52. The summed E-state index contributed by atoms with van der Waals surface area (Å²) in [6, 6.07) is 21.2. The molecule has 1 heterocycles. The molecule has 0 bridgehead atoms. The highest BCUT2D eigenvalue weighted by molar-refractivity contribution is 6.30. The molecule has 1 saturated carbocycles. The smallest absolute Gasteiger partial charge is 0.426 e. The first kappa shape index (κ1) is 33.9. The fourth-order valence-corrected chi connectivity index (χ4v) is 5.65. The van der Waals surface area contributed by atoms with Crippen molar-refractivity contribution in [2.75, 3.05) is 7.05 Å². The standard InChI is InChI=1S/C23H22ClF3O2.C12H15NO3/c1-14-16(10-7-11-17(14)15-8-5-4-6-9-15)13-29-21(28)20-18(22(20,2)3)12-19(24)23(25,26)27;1-12(2)7-8-5-4-6-9(10(8)16-12)15-11(14)13-3/h4-12,18,20H,13H2,1-3H3;4-6H,7H2,1-3H3,(H,13,14)/b19-12-;. The van der Waals surface area contributed by atoms with Crippen molar-refractivity contribution in [3.05, 3.63) is 94.5 Å². The number of allylic oxidation sites excluding steroid dienone is 2. The number of nitrogens with one attached hydrogen (secondary N) is 1. The summed E-state index contributed by atoms with van der Waals surface area (Å²) >= 11 is 5.34. The van der Waals surface area contributed by atoms with Crippen LogP contribution in [0, 0.1) is 24.2 Å². The third-order valence-electron chi connectivity index (χ3n) is 8.12. The first-order chi connectivity index (χ1) is 21.0. The molecule has 0 radical (unpaired) electrons. The van der Waals surface area contributed by atoms with Gasteiger partial charge in [0.05, 0.1) is 5.92 Å². The molecule has 1 aliphatic carbocycles. The summed E-state index contributed by atoms with van der Waals surface area (Å²) in [5.74, 6) is -0.594. The number of hydrogen-bond donors (Lipinski definition) is 1. The van der Waals surface area contributed by atoms with Crippen molar-refractivity contribution in [3.63, 3.8) is 0 Å². The van der Waals surface area contributed by atoms with Crippen molar-refractivity contribution < 1.29 is 37.0 Å². The van der Waals surface area contributed by atoms with E-state index in [1.165, 1.54) is 7.05 Å². The molecule has 1 fully saturated rings. The average Bonchev–Trinajstić information content (AvgIpc) is 3.34. The Hall–Kier alpha value is -3.98. The van der Waals surface area contributed by atoms with Gasteiger partial charge in [-0.05, 0) is 60.4 Å². The number of halogens is 4. The van der Waals surface area contributed by atoms with Gasteiger partial charge in [0.2, 0.25) is 0 Å². The first-order valence-corrected chi connectivity index (χ1v) is 14.9. The van der Waals surface area contributed by atoms with E-state index < -0.39 is 40.5 Å². The summed E-state index contributed by atoms with van der Waals surface area (Å²) in [5.41, 5.74) is 4.19. The lowest BCUT2D eigenvalue weighted by Crippen LogP contribution is -2.25. The number of amides is 1. The lowest BCUT2D eigenvalue weighted by Gasteiger charge is -2.17. The minimum Gasteiger partial charge on any atom is -0.483 e. The van der Waals surface area contributed by atoms with Crippen LogP contribution in [0.15, 0.2) is 77.8 Å². The maximum atomic E-state index is 12.7. The molecule has 0 saturated heterocycles. The summed E-state index contributed by atoms with van der Waals surface area (Å²) in [5, 5.41) is 1.21. The highest BCUT2D eigenvalue weighted by Gasteiger charge is 2.62. The number of para-hydroxylation sites is 1. The van der Waals surface area contributed by atoms with Gasteiger partial charge in [-0.3, -0.25) is 4.79 Å². The molecule has 0 spiro atoms. The lowest BCUT2D eigenvalue weighted by molar-refractivity contribution is -0.147. The summed E-state index contributed by atoms with van der Waals surface area (Å²) in [7, 11) is 1.52. The Labute approximate surface area is 266 Å². The minimum atomic E-state index is -4.61. The quantitative estimate of drug-likeness (QED) is 0.272. The Balaban J connectivity index is 0.000000242. The van der Waals surface area contributed by atoms with E-state index in [0.29, 0.717) is 11.5 Å². The van der Waals surface area contributed by atoms with Crippen LogP contribution in [0.3, 0.4) is 0 Å². The molecular formula is C35H37ClF3NO5. The van der Waals surface area contributed by atoms with Gasteiger partial charge in [0.25, 0.3) is 0 Å². The van der Waals surface area contributed by atoms with Crippen LogP contribution in [0.5, 0.6) is 11.5 Å². The molecule has 2 atom stereocenters. The van der Waals surface area contributed by atoms with E-state index in [9.17, 15) is 22.8 Å². The molecule has 0 aromatic heterocycles. The number of fused-ring (bicyclic) bond motifs is 1. The normalized spacial score (nSPS) is 19.3. The Morgan fingerprint density at radius 2 is 1.69 bits per heavy atom. The molecule has 1 aliphatic heterocycles. The van der Waals surface area contributed by atoms with Crippen molar-refractivity contribution in [3.8, 4) is 22.6 Å². The van der Waals surface area contributed by atoms with Crippen molar-refractivity contribution in [1.29, 1.82) is 0 Å². The average molecular weight is 644 g/mol. The maximum absolute atomic E-state index is 12.7. The van der Waals surface area contributed by atoms with E-state index in [2.05, 4.69) is 5.32 Å². The molecule has 45 heavy (non-hydrogen) atoms. The number of carbonyl (C=O) groups is 2. The van der Waals surface area contributed by atoms with E-state index in [1.54, 1.807) is 19.9 Å². The molecular weight excluding hydrogens is 607 g/mol. The van der Waals surface area contributed by atoms with Crippen LogP contribution >= 0.6 is 11.6 Å². The summed E-state index contributed by atoms with van der Waals surface area (Å²) in [6.07, 6.45) is -3.34. The van der Waals surface area contributed by atoms with Crippen molar-refractivity contribution in [2.45, 2.75) is 59.4 Å². The SMILES string of the molecule is CNC(=O)Oc1cccc2c1OC(C)(C)C2.Cc1c(COC(=O)C2C(/C=C(\Cl)C(F)(F)F)C2(C)C)cccc1-c1ccccc1. The Kier molecular flexibility index (Phi) is 9.92. The van der Waals surface area contributed by atoms with Crippen LogP contribution in [0.4, 0.5) is 18.0 Å². The van der Waals surface area contributed by atoms with Gasteiger partial charge in [0.15, 0.2) is 11.5 Å². The van der Waals surface area contributed by atoms with Gasteiger partial charge in [-0.2, -0.15) is 13.2 Å². The van der Waals surface area contributed by atoms with Gasteiger partial charge in [-0.15, -0.1) is 0 Å². The maximum Gasteiger partial charge on any atom is 0.426 e. The monoisotopic (exact) mass is 643 g/mol. The highest BCUT2D eigenvalue weighted by Crippen LogP contribution is 2.60. The zero-order valence-electron chi connectivity index (χ0n) is 26.1. The third-order valence-corrected chi connectivity index (χ3v) is 8.46. The molecule has 3 aromatic rings. The number of rotatable bonds is 6. The number of benzene rings is 3. The second kappa shape index (κ2) is 13.2. The lowest BCUT2D eigenvalue weighted by atomic mass is 9.97. The van der Waals surface area contributed by atoms with Crippen LogP contribution in [-0.4, -0.2) is 30.9 Å². The van der Waals surface area contributed by atoms with Crippen molar-refractivity contribution >= 4 is 23.7 Å². The Morgan fingerprint density at radius 1 is 1.02 bits per heavy atom. The third kappa shape index (κ3) is 8.00. The van der Waals surface area contributed by atoms with Gasteiger partial charge in [-0.25, -0.2) is 4.79 Å². The van der Waals surface area contributed by atoms with E-state index in [-0.39, 0.29) is 12.2 Å². The van der Waals surface area contributed by atoms with Gasteiger partial charge < -0.3 is 19.5 Å². The van der Waals surface area contributed by atoms with E-state index in [1.807, 2.05) is 81.4 Å². The van der Waals surface area contributed by atoms with Gasteiger partial charge in [0.1, 0.15) is 17.2 Å². The van der Waals surface area contributed by atoms with Gasteiger partial charge in [0, 0.05) is 19.0 Å². The van der Waals surface area contributed by atoms with Gasteiger partial charge in [-0.1, -0.05) is 92.2 Å². The Morgan fingerprint density at radius 3 is 2.33 bits per heavy atom. The molecule has 3 aromatic carbocycles. The second-order valence-electron chi connectivity index (χ2n) is 12.3. The molecule has 6 nitrogen and oxygen atoms in total. The molecule has 5 rings (SSSR count). The predicted molar refractivity (Wildman–Crippen MR) is 167 cm³/mol. The van der Waals surface area contributed by atoms with E-state index in [0.717, 1.165) is 40.3 Å². The second-order valence-corrected chi connectivity index (χ2v) is 12.7. The zero-order valence-corrected chi connectivity index (χ0v) is 26.8. The van der Waals surface area contributed by atoms with Crippen LogP contribution in [0.1, 0.15) is 44.4 Å². The predicted octanol–water partition coefficient (Wildman–Crippen LogP) is 8.78. The van der Waals surface area contributed by atoms with Crippen LogP contribution in [0.2, 0.25) is 0 Å². The first-order valence-electron chi connectivity index (χ1n) is 14.5. The number of esters is 1. The van der Waals surface area contributed by atoms with E-state index >= 15 is 0 Å². The molecule has 2 unspecified atom stereocenters. The van der Waals surface area contributed by atoms with Crippen molar-refractivity contribution in [2.24, 2.45) is 17.3 Å². The van der Waals surface area contributed by atoms with Crippen molar-refractivity contribution in [1.82, 2.24) is 5.32 Å². The molecule has 240 valence electrons. The Bertz CT molecular complexity index is 1580. The number of hydrogen-bond acceptors (Lipinski definition) is 5. The number of ether oxygens (including phenoxy) is 3. The molecule has 1 N–H and O–H groups in total. The van der Waals surface area contributed by atoms with E-state index in [4.69, 9.17) is 25.8 Å². The van der Waals surface area contributed by atoms with Crippen LogP contribution < -0.4 is 14.8 Å². The topological polar surface area (TPSA) is 73.9 Å². The van der Waals surface area contributed by atoms with Crippen LogP contribution in [0.25, 0.3) is 11.1 Å². The number of carbonyl (C=O) groups excluding carboxylic acids is 2. The molecule has 10 heteroatoms.